The van der Waals surface area contributed by atoms with Gasteiger partial charge in [-0.25, -0.2) is 8.42 Å². The van der Waals surface area contributed by atoms with E-state index in [1.807, 2.05) is 0 Å². The van der Waals surface area contributed by atoms with Gasteiger partial charge in [0.25, 0.3) is 0 Å². The minimum absolute atomic E-state index is 0.212. The minimum atomic E-state index is -2.87. The molecule has 1 atom stereocenters. The summed E-state index contributed by atoms with van der Waals surface area (Å²) in [7, 11) is -1.14. The lowest BCUT2D eigenvalue weighted by atomic mass is 10.0. The molecule has 0 aromatic heterocycles. The Morgan fingerprint density at radius 3 is 2.50 bits per heavy atom. The normalized spacial score (nSPS) is 20.9. The first kappa shape index (κ1) is 19.2. The van der Waals surface area contributed by atoms with Crippen LogP contribution in [-0.2, 0) is 9.84 Å². The molecule has 7 heteroatoms. The summed E-state index contributed by atoms with van der Waals surface area (Å²) in [6.07, 6.45) is 6.96. The van der Waals surface area contributed by atoms with Crippen molar-refractivity contribution in [2.45, 2.75) is 45.1 Å². The van der Waals surface area contributed by atoms with Gasteiger partial charge in [0, 0.05) is 39.0 Å². The molecule has 0 spiro atoms. The summed E-state index contributed by atoms with van der Waals surface area (Å²) in [5.41, 5.74) is 0. The molecule has 1 saturated heterocycles. The summed E-state index contributed by atoms with van der Waals surface area (Å²) in [6, 6.07) is 0.710. The highest BCUT2D eigenvalue weighted by molar-refractivity contribution is 7.90. The third-order valence-electron chi connectivity index (χ3n) is 4.06. The third-order valence-corrected chi connectivity index (χ3v) is 5.09. The van der Waals surface area contributed by atoms with Gasteiger partial charge in [0.05, 0.1) is 5.75 Å². The van der Waals surface area contributed by atoms with E-state index in [4.69, 9.17) is 0 Å². The van der Waals surface area contributed by atoms with Crippen LogP contribution in [0.1, 0.15) is 39.0 Å². The number of guanidine groups is 1. The molecule has 2 N–H and O–H groups in total. The Morgan fingerprint density at radius 1 is 1.23 bits per heavy atom. The lowest BCUT2D eigenvalue weighted by Crippen LogP contribution is -2.41. The Morgan fingerprint density at radius 2 is 1.91 bits per heavy atom. The van der Waals surface area contributed by atoms with Gasteiger partial charge >= 0.3 is 0 Å². The van der Waals surface area contributed by atoms with Gasteiger partial charge in [-0.1, -0.05) is 6.42 Å². The first-order valence-electron chi connectivity index (χ1n) is 8.28. The van der Waals surface area contributed by atoms with Crippen LogP contribution >= 0.6 is 0 Å². The van der Waals surface area contributed by atoms with Crippen LogP contribution in [-0.4, -0.2) is 70.6 Å². The van der Waals surface area contributed by atoms with Gasteiger partial charge in [-0.2, -0.15) is 0 Å². The molecular formula is C15H32N4O2S. The third kappa shape index (κ3) is 8.58. The van der Waals surface area contributed by atoms with Crippen molar-refractivity contribution in [1.29, 1.82) is 0 Å². The van der Waals surface area contributed by atoms with E-state index in [0.29, 0.717) is 19.0 Å². The van der Waals surface area contributed by atoms with Gasteiger partial charge in [-0.3, -0.25) is 4.99 Å². The average Bonchev–Trinajstić information content (AvgIpc) is 2.46. The number of nitrogens with one attached hydrogen (secondary N) is 2. The van der Waals surface area contributed by atoms with Crippen molar-refractivity contribution in [3.8, 4) is 0 Å². The largest absolute Gasteiger partial charge is 0.356 e. The predicted molar refractivity (Wildman–Crippen MR) is 93.2 cm³/mol. The maximum Gasteiger partial charge on any atom is 0.190 e. The molecule has 130 valence electrons. The topological polar surface area (TPSA) is 73.8 Å². The number of nitrogens with zero attached hydrogens (tertiary/aromatic N) is 2. The molecule has 1 aliphatic heterocycles. The molecule has 0 aliphatic carbocycles. The second-order valence-corrected chi connectivity index (χ2v) is 8.40. The highest BCUT2D eigenvalue weighted by Crippen LogP contribution is 2.15. The van der Waals surface area contributed by atoms with E-state index in [9.17, 15) is 8.42 Å². The molecule has 1 heterocycles. The number of likely N-dealkylation sites (tertiary alicyclic amines) is 1. The zero-order valence-electron chi connectivity index (χ0n) is 14.3. The second kappa shape index (κ2) is 10.0. The average molecular weight is 333 g/mol. The summed E-state index contributed by atoms with van der Waals surface area (Å²) >= 11 is 0. The number of rotatable bonds is 8. The van der Waals surface area contributed by atoms with Crippen molar-refractivity contribution in [1.82, 2.24) is 15.5 Å². The lowest BCUT2D eigenvalue weighted by molar-refractivity contribution is 0.159. The molecule has 1 rings (SSSR count). The van der Waals surface area contributed by atoms with Crippen LogP contribution in [0.3, 0.4) is 0 Å². The standard InChI is InChI=1S/C15H32N4O2S/c1-14-8-4-5-11-19(14)12-6-9-17-15(16-2)18-10-7-13-22(3,20)21/h14H,4-13H2,1-3H3,(H2,16,17,18). The smallest absolute Gasteiger partial charge is 0.190 e. The van der Waals surface area contributed by atoms with E-state index in [2.05, 4.69) is 27.4 Å². The van der Waals surface area contributed by atoms with E-state index < -0.39 is 9.84 Å². The van der Waals surface area contributed by atoms with Crippen molar-refractivity contribution in [2.75, 3.05) is 45.2 Å². The van der Waals surface area contributed by atoms with E-state index in [0.717, 1.165) is 25.5 Å². The van der Waals surface area contributed by atoms with E-state index in [1.54, 1.807) is 7.05 Å². The number of piperidine rings is 1. The van der Waals surface area contributed by atoms with E-state index in [1.165, 1.54) is 32.1 Å². The highest BCUT2D eigenvalue weighted by atomic mass is 32.2. The van der Waals surface area contributed by atoms with Crippen molar-refractivity contribution < 1.29 is 8.42 Å². The predicted octanol–water partition coefficient (Wildman–Crippen LogP) is 0.851. The minimum Gasteiger partial charge on any atom is -0.356 e. The van der Waals surface area contributed by atoms with Gasteiger partial charge in [0.2, 0.25) is 0 Å². The Kier molecular flexibility index (Phi) is 8.78. The zero-order chi connectivity index (χ0) is 16.4. The molecule has 22 heavy (non-hydrogen) atoms. The molecule has 6 nitrogen and oxygen atoms in total. The Labute approximate surface area is 135 Å². The summed E-state index contributed by atoms with van der Waals surface area (Å²) in [4.78, 5) is 6.72. The molecule has 1 fully saturated rings. The Balaban J connectivity index is 2.11. The van der Waals surface area contributed by atoms with Gasteiger partial charge in [-0.15, -0.1) is 0 Å². The fourth-order valence-corrected chi connectivity index (χ4v) is 3.41. The molecule has 0 radical (unpaired) electrons. The first-order valence-corrected chi connectivity index (χ1v) is 10.3. The maximum absolute atomic E-state index is 11.1. The first-order chi connectivity index (χ1) is 10.4. The van der Waals surface area contributed by atoms with Gasteiger partial charge in [0.15, 0.2) is 5.96 Å². The molecule has 0 bridgehead atoms. The second-order valence-electron chi connectivity index (χ2n) is 6.14. The van der Waals surface area contributed by atoms with Crippen LogP contribution in [0.2, 0.25) is 0 Å². The fraction of sp³-hybridized carbons (Fsp3) is 0.933. The number of hydrogen-bond acceptors (Lipinski definition) is 4. The molecular weight excluding hydrogens is 300 g/mol. The molecule has 0 aromatic rings. The van der Waals surface area contributed by atoms with Crippen LogP contribution in [0.15, 0.2) is 4.99 Å². The van der Waals surface area contributed by atoms with Crippen LogP contribution in [0.5, 0.6) is 0 Å². The lowest BCUT2D eigenvalue weighted by Gasteiger charge is -2.33. The summed E-state index contributed by atoms with van der Waals surface area (Å²) in [5, 5.41) is 6.43. The molecule has 0 saturated carbocycles. The van der Waals surface area contributed by atoms with Gasteiger partial charge < -0.3 is 15.5 Å². The maximum atomic E-state index is 11.1. The van der Waals surface area contributed by atoms with E-state index >= 15 is 0 Å². The zero-order valence-corrected chi connectivity index (χ0v) is 15.1. The fourth-order valence-electron chi connectivity index (χ4n) is 2.74. The summed E-state index contributed by atoms with van der Waals surface area (Å²) in [6.45, 7) is 6.17. The Hall–Kier alpha value is -0.820. The SMILES string of the molecule is CN=C(NCCCN1CCCCC1C)NCCCS(C)(=O)=O. The van der Waals surface area contributed by atoms with Gasteiger partial charge in [-0.05, 0) is 39.2 Å². The molecule has 1 unspecified atom stereocenters. The molecule has 1 aliphatic rings. The van der Waals surface area contributed by atoms with E-state index in [-0.39, 0.29) is 5.75 Å². The van der Waals surface area contributed by atoms with Crippen molar-refractivity contribution in [2.24, 2.45) is 4.99 Å². The van der Waals surface area contributed by atoms with Crippen LogP contribution in [0.25, 0.3) is 0 Å². The van der Waals surface area contributed by atoms with Crippen LogP contribution in [0.4, 0.5) is 0 Å². The number of aliphatic imine (C=N–C) groups is 1. The van der Waals surface area contributed by atoms with Crippen molar-refractivity contribution >= 4 is 15.8 Å². The summed E-state index contributed by atoms with van der Waals surface area (Å²) in [5.74, 6) is 0.962. The van der Waals surface area contributed by atoms with Crippen LogP contribution in [0, 0.1) is 0 Å². The highest BCUT2D eigenvalue weighted by Gasteiger charge is 2.17. The summed E-state index contributed by atoms with van der Waals surface area (Å²) < 4.78 is 22.1. The van der Waals surface area contributed by atoms with Crippen molar-refractivity contribution in [3.05, 3.63) is 0 Å². The number of hydrogen-bond donors (Lipinski definition) is 2. The monoisotopic (exact) mass is 332 g/mol. The molecule has 0 aromatic carbocycles. The molecule has 0 amide bonds. The Bertz CT molecular complexity index is 437. The van der Waals surface area contributed by atoms with Crippen molar-refractivity contribution in [3.63, 3.8) is 0 Å². The van der Waals surface area contributed by atoms with Crippen LogP contribution < -0.4 is 10.6 Å². The number of sulfone groups is 1. The van der Waals surface area contributed by atoms with Gasteiger partial charge in [0.1, 0.15) is 9.84 Å². The quantitative estimate of drug-likeness (QED) is 0.392.